The number of benzene rings is 1. The number of aromatic carboxylic acids is 1. The molecule has 0 bridgehead atoms. The van der Waals surface area contributed by atoms with E-state index in [-0.39, 0.29) is 5.69 Å². The Kier molecular flexibility index (Phi) is 3.75. The third kappa shape index (κ3) is 3.31. The molecule has 3 rings (SSSR count). The summed E-state index contributed by atoms with van der Waals surface area (Å²) in [4.78, 5) is 10.9. The quantitative estimate of drug-likeness (QED) is 0.850. The van der Waals surface area contributed by atoms with Crippen molar-refractivity contribution in [3.8, 4) is 0 Å². The van der Waals surface area contributed by atoms with Gasteiger partial charge in [-0.25, -0.2) is 4.79 Å². The highest BCUT2D eigenvalue weighted by Crippen LogP contribution is 2.33. The topological polar surface area (TPSA) is 67.2 Å². The Balaban J connectivity index is 1.50. The monoisotopic (exact) mass is 285 g/mol. The maximum Gasteiger partial charge on any atom is 0.356 e. The van der Waals surface area contributed by atoms with Gasteiger partial charge in [-0.1, -0.05) is 30.3 Å². The van der Waals surface area contributed by atoms with E-state index in [0.717, 1.165) is 12.1 Å². The second-order valence-electron chi connectivity index (χ2n) is 5.62. The van der Waals surface area contributed by atoms with Crippen LogP contribution in [0.2, 0.25) is 0 Å². The number of nitrogens with one attached hydrogen (secondary N) is 1. The van der Waals surface area contributed by atoms with Gasteiger partial charge in [0.1, 0.15) is 0 Å². The molecule has 0 radical (unpaired) electrons. The summed E-state index contributed by atoms with van der Waals surface area (Å²) < 4.78 is 1.63. The van der Waals surface area contributed by atoms with Gasteiger partial charge in [-0.3, -0.25) is 4.68 Å². The minimum atomic E-state index is -0.981. The lowest BCUT2D eigenvalue weighted by atomic mass is 10.1. The lowest BCUT2D eigenvalue weighted by Crippen LogP contribution is -2.19. The van der Waals surface area contributed by atoms with Crippen molar-refractivity contribution in [3.63, 3.8) is 0 Å². The molecule has 1 aromatic carbocycles. The van der Waals surface area contributed by atoms with Gasteiger partial charge in [0.2, 0.25) is 0 Å². The molecule has 1 fully saturated rings. The minimum Gasteiger partial charge on any atom is -0.476 e. The Bertz CT molecular complexity index is 636. The maximum atomic E-state index is 10.9. The molecule has 5 heteroatoms. The van der Waals surface area contributed by atoms with Crippen LogP contribution in [0.3, 0.4) is 0 Å². The second kappa shape index (κ2) is 5.69. The van der Waals surface area contributed by atoms with Gasteiger partial charge in [0.15, 0.2) is 5.69 Å². The molecule has 5 nitrogen and oxygen atoms in total. The summed E-state index contributed by atoms with van der Waals surface area (Å²) in [6.07, 6.45) is 2.28. The summed E-state index contributed by atoms with van der Waals surface area (Å²) in [5.41, 5.74) is 2.38. The van der Waals surface area contributed by atoms with Crippen LogP contribution < -0.4 is 5.32 Å². The van der Waals surface area contributed by atoms with Gasteiger partial charge in [0, 0.05) is 19.6 Å². The maximum absolute atomic E-state index is 10.9. The van der Waals surface area contributed by atoms with Crippen LogP contribution in [0.1, 0.15) is 28.2 Å². The Morgan fingerprint density at radius 3 is 2.86 bits per heavy atom. The van der Waals surface area contributed by atoms with Crippen molar-refractivity contribution in [2.75, 3.05) is 0 Å². The van der Waals surface area contributed by atoms with Crippen molar-refractivity contribution >= 4 is 5.97 Å². The molecule has 1 saturated carbocycles. The predicted octanol–water partition coefficient (Wildman–Crippen LogP) is 1.84. The average Bonchev–Trinajstić information content (AvgIpc) is 3.09. The number of aryl methyl sites for hydroxylation is 1. The molecule has 1 aliphatic rings. The van der Waals surface area contributed by atoms with E-state index in [0.29, 0.717) is 18.5 Å². The van der Waals surface area contributed by atoms with Crippen molar-refractivity contribution in [2.45, 2.75) is 25.4 Å². The van der Waals surface area contributed by atoms with Crippen molar-refractivity contribution in [1.29, 1.82) is 0 Å². The molecule has 2 unspecified atom stereocenters. The lowest BCUT2D eigenvalue weighted by molar-refractivity contribution is 0.0689. The van der Waals surface area contributed by atoms with Gasteiger partial charge in [0.25, 0.3) is 0 Å². The zero-order valence-electron chi connectivity index (χ0n) is 12.0. The van der Waals surface area contributed by atoms with Crippen molar-refractivity contribution in [3.05, 3.63) is 53.3 Å². The van der Waals surface area contributed by atoms with Gasteiger partial charge < -0.3 is 10.4 Å². The number of rotatable bonds is 6. The third-order valence-corrected chi connectivity index (χ3v) is 4.00. The first kappa shape index (κ1) is 13.8. The molecule has 2 aromatic rings. The van der Waals surface area contributed by atoms with Crippen LogP contribution in [-0.2, 0) is 20.0 Å². The molecule has 2 atom stereocenters. The highest BCUT2D eigenvalue weighted by molar-refractivity contribution is 5.85. The van der Waals surface area contributed by atoms with Gasteiger partial charge in [-0.2, -0.15) is 5.10 Å². The Morgan fingerprint density at radius 2 is 2.19 bits per heavy atom. The summed E-state index contributed by atoms with van der Waals surface area (Å²) in [7, 11) is 1.78. The average molecular weight is 285 g/mol. The highest BCUT2D eigenvalue weighted by atomic mass is 16.4. The molecule has 0 saturated heterocycles. The van der Waals surface area contributed by atoms with E-state index in [1.54, 1.807) is 17.8 Å². The first-order valence-corrected chi connectivity index (χ1v) is 7.17. The number of hydrogen-bond donors (Lipinski definition) is 2. The second-order valence-corrected chi connectivity index (χ2v) is 5.62. The third-order valence-electron chi connectivity index (χ3n) is 4.00. The number of carbonyl (C=O) groups is 1. The molecule has 110 valence electrons. The number of nitrogens with zero attached hydrogens (tertiary/aromatic N) is 2. The van der Waals surface area contributed by atoms with E-state index in [2.05, 4.69) is 34.7 Å². The van der Waals surface area contributed by atoms with E-state index in [1.165, 1.54) is 12.0 Å². The number of aromatic nitrogens is 2. The van der Waals surface area contributed by atoms with E-state index >= 15 is 0 Å². The molecule has 0 aliphatic heterocycles. The van der Waals surface area contributed by atoms with E-state index in [9.17, 15) is 4.79 Å². The van der Waals surface area contributed by atoms with Crippen molar-refractivity contribution in [1.82, 2.24) is 15.1 Å². The number of carboxylic acids is 1. The standard InChI is InChI=1S/C16H19N3O2/c1-19-13(9-15(18-19)16(20)21)10-17-14-8-12(14)7-11-5-3-2-4-6-11/h2-6,9,12,14,17H,7-8,10H2,1H3,(H,20,21). The summed E-state index contributed by atoms with van der Waals surface area (Å²) in [6.45, 7) is 0.659. The van der Waals surface area contributed by atoms with Gasteiger partial charge in [-0.05, 0) is 30.4 Å². The van der Waals surface area contributed by atoms with Gasteiger partial charge >= 0.3 is 5.97 Å². The molecule has 1 aromatic heterocycles. The lowest BCUT2D eigenvalue weighted by Gasteiger charge is -2.05. The molecule has 2 N–H and O–H groups in total. The van der Waals surface area contributed by atoms with E-state index in [1.807, 2.05) is 6.07 Å². The molecule has 21 heavy (non-hydrogen) atoms. The van der Waals surface area contributed by atoms with Crippen LogP contribution in [0.4, 0.5) is 0 Å². The van der Waals surface area contributed by atoms with Crippen LogP contribution in [0.25, 0.3) is 0 Å². The van der Waals surface area contributed by atoms with Crippen molar-refractivity contribution in [2.24, 2.45) is 13.0 Å². The molecular formula is C16H19N3O2. The van der Waals surface area contributed by atoms with Crippen LogP contribution in [0.5, 0.6) is 0 Å². The Morgan fingerprint density at radius 1 is 1.43 bits per heavy atom. The first-order chi connectivity index (χ1) is 10.1. The normalized spacial score (nSPS) is 20.4. The Hall–Kier alpha value is -2.14. The van der Waals surface area contributed by atoms with Crippen LogP contribution in [-0.4, -0.2) is 26.9 Å². The first-order valence-electron chi connectivity index (χ1n) is 7.17. The molecule has 0 spiro atoms. The molecular weight excluding hydrogens is 266 g/mol. The largest absolute Gasteiger partial charge is 0.476 e. The molecule has 1 aliphatic carbocycles. The summed E-state index contributed by atoms with van der Waals surface area (Å²) in [5.74, 6) is -0.301. The predicted molar refractivity (Wildman–Crippen MR) is 79.0 cm³/mol. The van der Waals surface area contributed by atoms with Crippen LogP contribution >= 0.6 is 0 Å². The summed E-state index contributed by atoms with van der Waals surface area (Å²) in [5, 5.41) is 16.4. The molecule has 0 amide bonds. The number of hydrogen-bond acceptors (Lipinski definition) is 3. The fraction of sp³-hybridized carbons (Fsp3) is 0.375. The zero-order valence-corrected chi connectivity index (χ0v) is 12.0. The summed E-state index contributed by atoms with van der Waals surface area (Å²) in [6, 6.07) is 12.7. The van der Waals surface area contributed by atoms with Gasteiger partial charge in [0.05, 0.1) is 5.69 Å². The fourth-order valence-electron chi connectivity index (χ4n) is 2.65. The Labute approximate surface area is 123 Å². The van der Waals surface area contributed by atoms with Gasteiger partial charge in [-0.15, -0.1) is 0 Å². The van der Waals surface area contributed by atoms with Crippen LogP contribution in [0.15, 0.2) is 36.4 Å². The minimum absolute atomic E-state index is 0.103. The molecule has 1 heterocycles. The smallest absolute Gasteiger partial charge is 0.356 e. The zero-order chi connectivity index (χ0) is 14.8. The highest BCUT2D eigenvalue weighted by Gasteiger charge is 2.36. The summed E-state index contributed by atoms with van der Waals surface area (Å²) >= 11 is 0. The van der Waals surface area contributed by atoms with Crippen molar-refractivity contribution < 1.29 is 9.90 Å². The van der Waals surface area contributed by atoms with E-state index in [4.69, 9.17) is 5.11 Å². The fourth-order valence-corrected chi connectivity index (χ4v) is 2.65. The van der Waals surface area contributed by atoms with E-state index < -0.39 is 5.97 Å². The van der Waals surface area contributed by atoms with Crippen LogP contribution in [0, 0.1) is 5.92 Å². The number of carboxylic acid groups (broad SMARTS) is 1. The SMILES string of the molecule is Cn1nc(C(=O)O)cc1CNC1CC1Cc1ccccc1.